The summed E-state index contributed by atoms with van der Waals surface area (Å²) in [5.74, 6) is -0.873. The molecule has 19 heavy (non-hydrogen) atoms. The van der Waals surface area contributed by atoms with E-state index >= 15 is 0 Å². The van der Waals surface area contributed by atoms with E-state index in [-0.39, 0.29) is 11.2 Å². The number of halogens is 3. The van der Waals surface area contributed by atoms with Crippen molar-refractivity contribution in [1.29, 1.82) is 0 Å². The third kappa shape index (κ3) is 2.50. The molecule has 0 aliphatic carbocycles. The quantitative estimate of drug-likeness (QED) is 0.618. The van der Waals surface area contributed by atoms with E-state index in [1.807, 2.05) is 0 Å². The first-order valence-electron chi connectivity index (χ1n) is 5.26. The number of nitrogens with one attached hydrogen (secondary N) is 1. The van der Waals surface area contributed by atoms with E-state index in [0.29, 0.717) is 10.9 Å². The number of hydrogen-bond donors (Lipinski definition) is 2. The molecule has 1 aromatic heterocycles. The summed E-state index contributed by atoms with van der Waals surface area (Å²) in [6, 6.07) is 4.53. The molecule has 0 bridgehead atoms. The third-order valence-corrected chi connectivity index (χ3v) is 2.68. The smallest absolute Gasteiger partial charge is 0.288 e. The van der Waals surface area contributed by atoms with Crippen LogP contribution in [0.15, 0.2) is 24.3 Å². The van der Waals surface area contributed by atoms with E-state index < -0.39 is 17.6 Å². The largest absolute Gasteiger partial charge is 0.416 e. The number of nitrogens with zero attached hydrogens (tertiary/aromatic N) is 1. The Labute approximate surface area is 105 Å². The van der Waals surface area contributed by atoms with Crippen molar-refractivity contribution in [3.8, 4) is 0 Å². The second kappa shape index (κ2) is 4.51. The summed E-state index contributed by atoms with van der Waals surface area (Å²) >= 11 is 0. The molecule has 1 heterocycles. The maximum Gasteiger partial charge on any atom is 0.416 e. The number of carbonyl (C=O) groups excluding carboxylic acids is 1. The van der Waals surface area contributed by atoms with Crippen LogP contribution in [0.2, 0.25) is 0 Å². The highest BCUT2D eigenvalue weighted by Gasteiger charge is 2.30. The molecule has 2 aromatic rings. The number of alkyl halides is 3. The number of pyridine rings is 1. The van der Waals surface area contributed by atoms with Crippen molar-refractivity contribution in [2.24, 2.45) is 0 Å². The van der Waals surface area contributed by atoms with Crippen LogP contribution in [-0.2, 0) is 6.18 Å². The summed E-state index contributed by atoms with van der Waals surface area (Å²) in [5.41, 5.74) is 1.05. The Morgan fingerprint density at radius 2 is 2.00 bits per heavy atom. The number of hydroxylamine groups is 1. The van der Waals surface area contributed by atoms with E-state index in [2.05, 4.69) is 4.98 Å². The molecule has 0 spiro atoms. The average Bonchev–Trinajstić information content (AvgIpc) is 2.36. The lowest BCUT2D eigenvalue weighted by Crippen LogP contribution is -2.20. The normalized spacial score (nSPS) is 11.6. The lowest BCUT2D eigenvalue weighted by atomic mass is 10.1. The zero-order chi connectivity index (χ0) is 14.2. The van der Waals surface area contributed by atoms with Crippen molar-refractivity contribution in [2.75, 3.05) is 0 Å². The average molecular weight is 270 g/mol. The number of amides is 1. The monoisotopic (exact) mass is 270 g/mol. The van der Waals surface area contributed by atoms with Crippen LogP contribution in [0.5, 0.6) is 0 Å². The molecule has 0 unspecified atom stereocenters. The van der Waals surface area contributed by atoms with Crippen LogP contribution in [-0.4, -0.2) is 16.1 Å². The van der Waals surface area contributed by atoms with Gasteiger partial charge in [0.05, 0.1) is 11.1 Å². The second-order valence-electron chi connectivity index (χ2n) is 4.00. The molecular formula is C12H9F3N2O2. The number of carbonyl (C=O) groups is 1. The van der Waals surface area contributed by atoms with Crippen LogP contribution in [0, 0.1) is 6.92 Å². The Balaban J connectivity index is 2.66. The SMILES string of the molecule is Cc1cc(C(=O)NO)nc2cc(C(F)(F)F)ccc12. The van der Waals surface area contributed by atoms with Gasteiger partial charge in [-0.3, -0.25) is 10.0 Å². The minimum absolute atomic E-state index is 0.0495. The van der Waals surface area contributed by atoms with E-state index in [0.717, 1.165) is 12.1 Å². The predicted molar refractivity (Wildman–Crippen MR) is 60.7 cm³/mol. The Hall–Kier alpha value is -2.15. The van der Waals surface area contributed by atoms with Gasteiger partial charge in [0.25, 0.3) is 5.91 Å². The van der Waals surface area contributed by atoms with Gasteiger partial charge in [-0.05, 0) is 30.7 Å². The zero-order valence-corrected chi connectivity index (χ0v) is 9.75. The number of rotatable bonds is 1. The van der Waals surface area contributed by atoms with Gasteiger partial charge in [-0.25, -0.2) is 10.5 Å². The van der Waals surface area contributed by atoms with Crippen molar-refractivity contribution < 1.29 is 23.2 Å². The number of hydrogen-bond acceptors (Lipinski definition) is 3. The molecule has 0 fully saturated rings. The standard InChI is InChI=1S/C12H9F3N2O2/c1-6-4-10(11(18)17-19)16-9-5-7(12(13,14)15)2-3-8(6)9/h2-5,19H,1H3,(H,17,18). The molecule has 1 aromatic carbocycles. The molecule has 0 aliphatic heterocycles. The van der Waals surface area contributed by atoms with Gasteiger partial charge in [0, 0.05) is 5.39 Å². The van der Waals surface area contributed by atoms with Crippen LogP contribution < -0.4 is 5.48 Å². The molecule has 100 valence electrons. The fraction of sp³-hybridized carbons (Fsp3) is 0.167. The number of aromatic nitrogens is 1. The number of aryl methyl sites for hydroxylation is 1. The van der Waals surface area contributed by atoms with Gasteiger partial charge in [0.1, 0.15) is 5.69 Å². The second-order valence-corrected chi connectivity index (χ2v) is 4.00. The van der Waals surface area contributed by atoms with E-state index in [1.165, 1.54) is 17.6 Å². The fourth-order valence-electron chi connectivity index (χ4n) is 1.75. The van der Waals surface area contributed by atoms with Crippen molar-refractivity contribution >= 4 is 16.8 Å². The first-order valence-corrected chi connectivity index (χ1v) is 5.26. The summed E-state index contributed by atoms with van der Waals surface area (Å²) in [5, 5.41) is 9.03. The van der Waals surface area contributed by atoms with Crippen molar-refractivity contribution in [2.45, 2.75) is 13.1 Å². The van der Waals surface area contributed by atoms with Crippen LogP contribution in [0.1, 0.15) is 21.6 Å². The van der Waals surface area contributed by atoms with Gasteiger partial charge >= 0.3 is 6.18 Å². The summed E-state index contributed by atoms with van der Waals surface area (Å²) in [6.45, 7) is 1.64. The van der Waals surface area contributed by atoms with E-state index in [4.69, 9.17) is 5.21 Å². The lowest BCUT2D eigenvalue weighted by molar-refractivity contribution is -0.137. The molecule has 0 aliphatic rings. The molecule has 2 N–H and O–H groups in total. The van der Waals surface area contributed by atoms with Gasteiger partial charge in [-0.1, -0.05) is 6.07 Å². The first-order chi connectivity index (χ1) is 8.82. The molecule has 0 atom stereocenters. The van der Waals surface area contributed by atoms with Crippen LogP contribution in [0.25, 0.3) is 10.9 Å². The summed E-state index contributed by atoms with van der Waals surface area (Å²) in [6.07, 6.45) is -4.47. The van der Waals surface area contributed by atoms with Gasteiger partial charge in [-0.15, -0.1) is 0 Å². The molecule has 0 saturated carbocycles. The van der Waals surface area contributed by atoms with Crippen molar-refractivity contribution in [1.82, 2.24) is 10.5 Å². The molecule has 7 heteroatoms. The maximum atomic E-state index is 12.6. The Morgan fingerprint density at radius 1 is 1.32 bits per heavy atom. The highest BCUT2D eigenvalue weighted by molar-refractivity contribution is 5.95. The van der Waals surface area contributed by atoms with Crippen molar-refractivity contribution in [3.63, 3.8) is 0 Å². The van der Waals surface area contributed by atoms with Crippen LogP contribution in [0.4, 0.5) is 13.2 Å². The Morgan fingerprint density at radius 3 is 2.58 bits per heavy atom. The summed E-state index contributed by atoms with van der Waals surface area (Å²) < 4.78 is 37.8. The van der Waals surface area contributed by atoms with Gasteiger partial charge in [-0.2, -0.15) is 13.2 Å². The predicted octanol–water partition coefficient (Wildman–Crippen LogP) is 2.68. The Kier molecular flexibility index (Phi) is 3.15. The minimum atomic E-state index is -4.47. The number of benzene rings is 1. The topological polar surface area (TPSA) is 62.2 Å². The number of fused-ring (bicyclic) bond motifs is 1. The van der Waals surface area contributed by atoms with Gasteiger partial charge in [0.2, 0.25) is 0 Å². The van der Waals surface area contributed by atoms with Crippen LogP contribution >= 0.6 is 0 Å². The molecule has 1 amide bonds. The molecular weight excluding hydrogens is 261 g/mol. The fourth-order valence-corrected chi connectivity index (χ4v) is 1.75. The first kappa shape index (κ1) is 13.3. The Bertz CT molecular complexity index is 653. The van der Waals surface area contributed by atoms with Crippen LogP contribution in [0.3, 0.4) is 0 Å². The third-order valence-electron chi connectivity index (χ3n) is 2.68. The van der Waals surface area contributed by atoms with E-state index in [1.54, 1.807) is 6.92 Å². The van der Waals surface area contributed by atoms with Crippen molar-refractivity contribution in [3.05, 3.63) is 41.1 Å². The van der Waals surface area contributed by atoms with Gasteiger partial charge < -0.3 is 0 Å². The minimum Gasteiger partial charge on any atom is -0.288 e. The molecule has 4 nitrogen and oxygen atoms in total. The van der Waals surface area contributed by atoms with E-state index in [9.17, 15) is 18.0 Å². The zero-order valence-electron chi connectivity index (χ0n) is 9.75. The molecule has 2 rings (SSSR count). The lowest BCUT2D eigenvalue weighted by Gasteiger charge is -2.09. The molecule has 0 saturated heterocycles. The maximum absolute atomic E-state index is 12.6. The van der Waals surface area contributed by atoms with Gasteiger partial charge in [0.15, 0.2) is 0 Å². The molecule has 0 radical (unpaired) electrons. The summed E-state index contributed by atoms with van der Waals surface area (Å²) in [7, 11) is 0. The summed E-state index contributed by atoms with van der Waals surface area (Å²) in [4.78, 5) is 15.1. The highest BCUT2D eigenvalue weighted by Crippen LogP contribution is 2.31. The highest BCUT2D eigenvalue weighted by atomic mass is 19.4.